The number of carbonyl (C=O) groups is 1. The lowest BCUT2D eigenvalue weighted by Crippen LogP contribution is -2.26. The average Bonchev–Trinajstić information content (AvgIpc) is 2.44. The Labute approximate surface area is 114 Å². The maximum absolute atomic E-state index is 11.6. The summed E-state index contributed by atoms with van der Waals surface area (Å²) in [6.07, 6.45) is 5.06. The van der Waals surface area contributed by atoms with Gasteiger partial charge in [-0.15, -0.1) is 0 Å². The first kappa shape index (κ1) is 13.9. The lowest BCUT2D eigenvalue weighted by molar-refractivity contribution is -0.151. The van der Waals surface area contributed by atoms with Gasteiger partial charge in [-0.1, -0.05) is 13.0 Å². The van der Waals surface area contributed by atoms with Crippen LogP contribution in [0.15, 0.2) is 18.2 Å². The summed E-state index contributed by atoms with van der Waals surface area (Å²) in [5.74, 6) is 0.473. The molecule has 104 valence electrons. The number of fused-ring (bicyclic) bond motifs is 1. The Morgan fingerprint density at radius 2 is 2.00 bits per heavy atom. The zero-order valence-electron chi connectivity index (χ0n) is 11.8. The van der Waals surface area contributed by atoms with E-state index in [4.69, 9.17) is 9.47 Å². The number of hydrogen-bond acceptors (Lipinski definition) is 3. The molecule has 1 aliphatic carbocycles. The van der Waals surface area contributed by atoms with Crippen LogP contribution in [0.5, 0.6) is 5.75 Å². The molecule has 0 radical (unpaired) electrons. The highest BCUT2D eigenvalue weighted by atomic mass is 16.6. The van der Waals surface area contributed by atoms with Gasteiger partial charge >= 0.3 is 5.97 Å². The first-order chi connectivity index (χ1) is 9.20. The van der Waals surface area contributed by atoms with Crippen LogP contribution in [0, 0.1) is 0 Å². The second-order valence-corrected chi connectivity index (χ2v) is 5.07. The Balaban J connectivity index is 1.97. The zero-order valence-corrected chi connectivity index (χ0v) is 11.8. The summed E-state index contributed by atoms with van der Waals surface area (Å²) < 4.78 is 10.7. The van der Waals surface area contributed by atoms with Gasteiger partial charge in [0.25, 0.3) is 0 Å². The number of carbonyl (C=O) groups excluding carboxylic acids is 1. The van der Waals surface area contributed by atoms with E-state index in [9.17, 15) is 4.79 Å². The number of hydrogen-bond donors (Lipinski definition) is 0. The minimum atomic E-state index is -0.548. The third kappa shape index (κ3) is 3.72. The molecule has 1 aliphatic rings. The number of benzene rings is 1. The minimum absolute atomic E-state index is 0.292. The predicted octanol–water partition coefficient (Wildman–Crippen LogP) is 3.29. The summed E-state index contributed by atoms with van der Waals surface area (Å²) in [6.45, 7) is 4.16. The number of aryl methyl sites for hydroxylation is 2. The molecule has 1 aromatic rings. The molecule has 0 N–H and O–H groups in total. The van der Waals surface area contributed by atoms with E-state index in [-0.39, 0.29) is 5.97 Å². The molecule has 0 amide bonds. The maximum Gasteiger partial charge on any atom is 0.347 e. The van der Waals surface area contributed by atoms with E-state index in [1.54, 1.807) is 6.92 Å². The van der Waals surface area contributed by atoms with Crippen molar-refractivity contribution >= 4 is 5.97 Å². The first-order valence-electron chi connectivity index (χ1n) is 7.16. The van der Waals surface area contributed by atoms with E-state index in [1.165, 1.54) is 24.0 Å². The van der Waals surface area contributed by atoms with Gasteiger partial charge in [-0.25, -0.2) is 4.79 Å². The van der Waals surface area contributed by atoms with E-state index >= 15 is 0 Å². The largest absolute Gasteiger partial charge is 0.479 e. The fourth-order valence-electron chi connectivity index (χ4n) is 2.36. The summed E-state index contributed by atoms with van der Waals surface area (Å²) in [6, 6.07) is 6.14. The highest BCUT2D eigenvalue weighted by molar-refractivity contribution is 5.74. The molecule has 1 unspecified atom stereocenters. The van der Waals surface area contributed by atoms with Crippen LogP contribution in [0.25, 0.3) is 0 Å². The lowest BCUT2D eigenvalue weighted by atomic mass is 9.92. The molecular formula is C16H22O3. The molecule has 19 heavy (non-hydrogen) atoms. The smallest absolute Gasteiger partial charge is 0.347 e. The van der Waals surface area contributed by atoms with Gasteiger partial charge in [0.15, 0.2) is 6.10 Å². The molecule has 3 heteroatoms. The summed E-state index contributed by atoms with van der Waals surface area (Å²) in [4.78, 5) is 11.6. The van der Waals surface area contributed by atoms with E-state index in [0.717, 1.165) is 25.0 Å². The lowest BCUT2D eigenvalue weighted by Gasteiger charge is -2.18. The van der Waals surface area contributed by atoms with Crippen molar-refractivity contribution in [2.75, 3.05) is 6.61 Å². The molecule has 0 saturated heterocycles. The summed E-state index contributed by atoms with van der Waals surface area (Å²) >= 11 is 0. The third-order valence-corrected chi connectivity index (χ3v) is 3.41. The monoisotopic (exact) mass is 262 g/mol. The predicted molar refractivity (Wildman–Crippen MR) is 74.4 cm³/mol. The van der Waals surface area contributed by atoms with Gasteiger partial charge in [-0.3, -0.25) is 0 Å². The van der Waals surface area contributed by atoms with E-state index in [0.29, 0.717) is 6.61 Å². The molecule has 2 rings (SSSR count). The number of esters is 1. The van der Waals surface area contributed by atoms with Crippen molar-refractivity contribution < 1.29 is 14.3 Å². The second kappa shape index (κ2) is 6.60. The second-order valence-electron chi connectivity index (χ2n) is 5.07. The standard InChI is InChI=1S/C16H22O3/c1-3-10-18-16(17)12(2)19-15-9-8-13-6-4-5-7-14(13)11-15/h8-9,11-12H,3-7,10H2,1-2H3. The van der Waals surface area contributed by atoms with Gasteiger partial charge in [0, 0.05) is 0 Å². The van der Waals surface area contributed by atoms with Crippen molar-refractivity contribution in [2.45, 2.75) is 52.1 Å². The van der Waals surface area contributed by atoms with Crippen LogP contribution < -0.4 is 4.74 Å². The van der Waals surface area contributed by atoms with Crippen molar-refractivity contribution in [1.29, 1.82) is 0 Å². The summed E-state index contributed by atoms with van der Waals surface area (Å²) in [5.41, 5.74) is 2.78. The first-order valence-corrected chi connectivity index (χ1v) is 7.16. The van der Waals surface area contributed by atoms with Gasteiger partial charge in [0.2, 0.25) is 0 Å². The normalized spacial score (nSPS) is 15.5. The van der Waals surface area contributed by atoms with E-state index in [2.05, 4.69) is 12.1 Å². The average molecular weight is 262 g/mol. The molecule has 0 spiro atoms. The molecule has 1 aromatic carbocycles. The molecule has 0 bridgehead atoms. The molecule has 1 atom stereocenters. The van der Waals surface area contributed by atoms with Gasteiger partial charge in [-0.2, -0.15) is 0 Å². The Morgan fingerprint density at radius 1 is 1.26 bits per heavy atom. The van der Waals surface area contributed by atoms with Gasteiger partial charge in [-0.05, 0) is 62.3 Å². The van der Waals surface area contributed by atoms with Crippen molar-refractivity contribution in [3.8, 4) is 5.75 Å². The van der Waals surface area contributed by atoms with Crippen molar-refractivity contribution in [3.63, 3.8) is 0 Å². The topological polar surface area (TPSA) is 35.5 Å². The molecular weight excluding hydrogens is 240 g/mol. The maximum atomic E-state index is 11.6. The Hall–Kier alpha value is -1.51. The van der Waals surface area contributed by atoms with Crippen LogP contribution in [-0.2, 0) is 22.4 Å². The Morgan fingerprint density at radius 3 is 2.74 bits per heavy atom. The Kier molecular flexibility index (Phi) is 4.83. The van der Waals surface area contributed by atoms with Gasteiger partial charge in [0.1, 0.15) is 5.75 Å². The quantitative estimate of drug-likeness (QED) is 0.764. The molecule has 0 saturated carbocycles. The fraction of sp³-hybridized carbons (Fsp3) is 0.562. The van der Waals surface area contributed by atoms with E-state index < -0.39 is 6.10 Å². The van der Waals surface area contributed by atoms with E-state index in [1.807, 2.05) is 13.0 Å². The molecule has 3 nitrogen and oxygen atoms in total. The van der Waals surface area contributed by atoms with Crippen LogP contribution >= 0.6 is 0 Å². The highest BCUT2D eigenvalue weighted by Gasteiger charge is 2.17. The molecule has 0 aromatic heterocycles. The molecule has 0 aliphatic heterocycles. The fourth-order valence-corrected chi connectivity index (χ4v) is 2.36. The SMILES string of the molecule is CCCOC(=O)C(C)Oc1ccc2c(c1)CCCC2. The Bertz CT molecular complexity index is 440. The molecule has 0 fully saturated rings. The minimum Gasteiger partial charge on any atom is -0.479 e. The van der Waals surface area contributed by atoms with Gasteiger partial charge in [0.05, 0.1) is 6.61 Å². The van der Waals surface area contributed by atoms with Crippen molar-refractivity contribution in [3.05, 3.63) is 29.3 Å². The zero-order chi connectivity index (χ0) is 13.7. The van der Waals surface area contributed by atoms with Crippen LogP contribution in [-0.4, -0.2) is 18.7 Å². The number of ether oxygens (including phenoxy) is 2. The van der Waals surface area contributed by atoms with Gasteiger partial charge < -0.3 is 9.47 Å². The summed E-state index contributed by atoms with van der Waals surface area (Å²) in [5, 5.41) is 0. The number of rotatable bonds is 5. The van der Waals surface area contributed by atoms with Crippen molar-refractivity contribution in [2.24, 2.45) is 0 Å². The molecule has 0 heterocycles. The van der Waals surface area contributed by atoms with Crippen LogP contribution in [0.2, 0.25) is 0 Å². The summed E-state index contributed by atoms with van der Waals surface area (Å²) in [7, 11) is 0. The third-order valence-electron chi connectivity index (χ3n) is 3.41. The highest BCUT2D eigenvalue weighted by Crippen LogP contribution is 2.25. The van der Waals surface area contributed by atoms with Crippen LogP contribution in [0.4, 0.5) is 0 Å². The van der Waals surface area contributed by atoms with Crippen LogP contribution in [0.1, 0.15) is 44.2 Å². The van der Waals surface area contributed by atoms with Crippen LogP contribution in [0.3, 0.4) is 0 Å². The van der Waals surface area contributed by atoms with Crippen molar-refractivity contribution in [1.82, 2.24) is 0 Å².